The summed E-state index contributed by atoms with van der Waals surface area (Å²) in [5, 5.41) is 8.19. The van der Waals surface area contributed by atoms with Gasteiger partial charge >= 0.3 is 0 Å². The number of hydrogen-bond donors (Lipinski definition) is 1. The molecule has 0 radical (unpaired) electrons. The number of aryl methyl sites for hydroxylation is 1. The normalized spacial score (nSPS) is 24.3. The van der Waals surface area contributed by atoms with E-state index in [2.05, 4.69) is 40.0 Å². The molecule has 1 saturated heterocycles. The Bertz CT molecular complexity index is 427. The first-order valence-electron chi connectivity index (χ1n) is 8.24. The van der Waals surface area contributed by atoms with Crippen LogP contribution in [0.25, 0.3) is 0 Å². The van der Waals surface area contributed by atoms with E-state index in [0.717, 1.165) is 6.54 Å². The Morgan fingerprint density at radius 2 is 1.95 bits per heavy atom. The lowest BCUT2D eigenvalue weighted by molar-refractivity contribution is 0.0738. The quantitative estimate of drug-likeness (QED) is 0.897. The van der Waals surface area contributed by atoms with Crippen molar-refractivity contribution in [3.05, 3.63) is 18.0 Å². The summed E-state index contributed by atoms with van der Waals surface area (Å²) in [6.45, 7) is 5.79. The van der Waals surface area contributed by atoms with Crippen molar-refractivity contribution >= 4 is 0 Å². The van der Waals surface area contributed by atoms with Crippen LogP contribution in [0.4, 0.5) is 0 Å². The monoisotopic (exact) mass is 276 g/mol. The summed E-state index contributed by atoms with van der Waals surface area (Å²) >= 11 is 0. The molecule has 1 aliphatic carbocycles. The Morgan fingerprint density at radius 1 is 1.25 bits per heavy atom. The van der Waals surface area contributed by atoms with Crippen molar-refractivity contribution < 1.29 is 0 Å². The van der Waals surface area contributed by atoms with Crippen LogP contribution in [-0.4, -0.2) is 39.9 Å². The molecule has 1 aliphatic heterocycles. The number of nitrogens with one attached hydrogen (secondary N) is 1. The molecule has 0 aromatic carbocycles. The molecular formula is C16H28N4. The summed E-state index contributed by atoms with van der Waals surface area (Å²) in [7, 11) is 2.08. The van der Waals surface area contributed by atoms with E-state index in [9.17, 15) is 0 Å². The summed E-state index contributed by atoms with van der Waals surface area (Å²) in [5.74, 6) is 0. The molecule has 4 heteroatoms. The van der Waals surface area contributed by atoms with Crippen LogP contribution in [0.15, 0.2) is 12.3 Å². The number of likely N-dealkylation sites (tertiary alicyclic amines) is 1. The average molecular weight is 276 g/mol. The summed E-state index contributed by atoms with van der Waals surface area (Å²) in [5.41, 5.74) is 1.67. The first-order chi connectivity index (χ1) is 9.78. The van der Waals surface area contributed by atoms with Crippen LogP contribution in [0.5, 0.6) is 0 Å². The van der Waals surface area contributed by atoms with Crippen LogP contribution in [-0.2, 0) is 7.05 Å². The van der Waals surface area contributed by atoms with Gasteiger partial charge in [-0.1, -0.05) is 19.8 Å². The van der Waals surface area contributed by atoms with E-state index in [4.69, 9.17) is 0 Å². The van der Waals surface area contributed by atoms with Gasteiger partial charge in [0.2, 0.25) is 0 Å². The molecule has 1 aromatic rings. The van der Waals surface area contributed by atoms with Gasteiger partial charge < -0.3 is 5.32 Å². The standard InChI is InChI=1S/C16H28N4/c1-3-17-15(14-8-11-18-19(14)2)16(9-4-5-10-16)20-12-6-7-13-20/h8,11,15,17H,3-7,9-10,12-13H2,1-2H3. The summed E-state index contributed by atoms with van der Waals surface area (Å²) in [6, 6.07) is 2.62. The van der Waals surface area contributed by atoms with Gasteiger partial charge in [0.05, 0.1) is 11.7 Å². The molecule has 0 spiro atoms. The minimum absolute atomic E-state index is 0.320. The van der Waals surface area contributed by atoms with Crippen LogP contribution >= 0.6 is 0 Å². The van der Waals surface area contributed by atoms with Gasteiger partial charge in [0.1, 0.15) is 0 Å². The first kappa shape index (κ1) is 14.1. The van der Waals surface area contributed by atoms with Gasteiger partial charge in [0.15, 0.2) is 0 Å². The molecule has 1 N–H and O–H groups in total. The number of hydrogen-bond acceptors (Lipinski definition) is 3. The molecule has 1 aromatic heterocycles. The zero-order valence-electron chi connectivity index (χ0n) is 12.9. The van der Waals surface area contributed by atoms with Gasteiger partial charge in [-0.05, 0) is 51.4 Å². The van der Waals surface area contributed by atoms with E-state index in [1.54, 1.807) is 0 Å². The van der Waals surface area contributed by atoms with E-state index >= 15 is 0 Å². The van der Waals surface area contributed by atoms with Gasteiger partial charge in [-0.15, -0.1) is 0 Å². The molecule has 2 aliphatic rings. The highest BCUT2D eigenvalue weighted by atomic mass is 15.3. The Labute approximate surface area is 122 Å². The Morgan fingerprint density at radius 3 is 2.50 bits per heavy atom. The first-order valence-corrected chi connectivity index (χ1v) is 8.24. The highest BCUT2D eigenvalue weighted by Crippen LogP contribution is 2.45. The Kier molecular flexibility index (Phi) is 4.13. The van der Waals surface area contributed by atoms with Crippen LogP contribution in [0.2, 0.25) is 0 Å². The lowest BCUT2D eigenvalue weighted by Gasteiger charge is -2.45. The minimum Gasteiger partial charge on any atom is -0.307 e. The summed E-state index contributed by atoms with van der Waals surface area (Å²) in [6.07, 6.45) is 10.1. The fourth-order valence-corrected chi connectivity index (χ4v) is 4.38. The molecule has 1 saturated carbocycles. The van der Waals surface area contributed by atoms with Crippen LogP contribution in [0.1, 0.15) is 57.2 Å². The molecule has 4 nitrogen and oxygen atoms in total. The van der Waals surface area contributed by atoms with Gasteiger partial charge in [0, 0.05) is 18.8 Å². The maximum Gasteiger partial charge on any atom is 0.0678 e. The van der Waals surface area contributed by atoms with E-state index in [-0.39, 0.29) is 0 Å². The van der Waals surface area contributed by atoms with Crippen molar-refractivity contribution in [2.24, 2.45) is 7.05 Å². The molecule has 20 heavy (non-hydrogen) atoms. The second kappa shape index (κ2) is 5.86. The second-order valence-electron chi connectivity index (χ2n) is 6.38. The molecule has 112 valence electrons. The number of aromatic nitrogens is 2. The Balaban J connectivity index is 1.96. The average Bonchev–Trinajstić information content (AvgIpc) is 3.18. The third-order valence-electron chi connectivity index (χ3n) is 5.31. The molecular weight excluding hydrogens is 248 g/mol. The third-order valence-corrected chi connectivity index (χ3v) is 5.31. The van der Waals surface area contributed by atoms with Crippen LogP contribution in [0.3, 0.4) is 0 Å². The van der Waals surface area contributed by atoms with Crippen LogP contribution in [0, 0.1) is 0 Å². The van der Waals surface area contributed by atoms with Crippen molar-refractivity contribution in [2.45, 2.75) is 57.0 Å². The lowest BCUT2D eigenvalue weighted by atomic mass is 9.84. The smallest absolute Gasteiger partial charge is 0.0678 e. The molecule has 2 heterocycles. The SMILES string of the molecule is CCNC(c1ccnn1C)C1(N2CCCC2)CCCC1. The molecule has 1 atom stereocenters. The van der Waals surface area contributed by atoms with Gasteiger partial charge in [0.25, 0.3) is 0 Å². The van der Waals surface area contributed by atoms with Crippen molar-refractivity contribution in [1.29, 1.82) is 0 Å². The van der Waals surface area contributed by atoms with Crippen molar-refractivity contribution in [2.75, 3.05) is 19.6 Å². The third kappa shape index (κ3) is 2.29. The molecule has 0 bridgehead atoms. The summed E-state index contributed by atoms with van der Waals surface area (Å²) < 4.78 is 2.06. The number of nitrogens with zero attached hydrogens (tertiary/aromatic N) is 3. The van der Waals surface area contributed by atoms with E-state index < -0.39 is 0 Å². The highest BCUT2D eigenvalue weighted by molar-refractivity contribution is 5.17. The minimum atomic E-state index is 0.320. The van der Waals surface area contributed by atoms with Crippen molar-refractivity contribution in [3.8, 4) is 0 Å². The topological polar surface area (TPSA) is 33.1 Å². The van der Waals surface area contributed by atoms with Gasteiger partial charge in [-0.25, -0.2) is 0 Å². The zero-order chi connectivity index (χ0) is 14.0. The van der Waals surface area contributed by atoms with Crippen molar-refractivity contribution in [1.82, 2.24) is 20.0 Å². The van der Waals surface area contributed by atoms with Gasteiger partial charge in [-0.3, -0.25) is 9.58 Å². The van der Waals surface area contributed by atoms with Gasteiger partial charge in [-0.2, -0.15) is 5.10 Å². The van der Waals surface area contributed by atoms with Crippen LogP contribution < -0.4 is 5.32 Å². The Hall–Kier alpha value is -0.870. The molecule has 1 unspecified atom stereocenters. The van der Waals surface area contributed by atoms with E-state index in [1.807, 2.05) is 6.20 Å². The molecule has 2 fully saturated rings. The van der Waals surface area contributed by atoms with E-state index in [0.29, 0.717) is 11.6 Å². The van der Waals surface area contributed by atoms with Crippen molar-refractivity contribution in [3.63, 3.8) is 0 Å². The second-order valence-corrected chi connectivity index (χ2v) is 6.38. The summed E-state index contributed by atoms with van der Waals surface area (Å²) in [4.78, 5) is 2.78. The fourth-order valence-electron chi connectivity index (χ4n) is 4.38. The maximum atomic E-state index is 4.41. The number of likely N-dealkylation sites (N-methyl/N-ethyl adjacent to an activating group) is 1. The predicted octanol–water partition coefficient (Wildman–Crippen LogP) is 2.48. The fraction of sp³-hybridized carbons (Fsp3) is 0.812. The lowest BCUT2D eigenvalue weighted by Crippen LogP contribution is -2.54. The predicted molar refractivity (Wildman–Crippen MR) is 81.6 cm³/mol. The highest BCUT2D eigenvalue weighted by Gasteiger charge is 2.47. The molecule has 0 amide bonds. The van der Waals surface area contributed by atoms with E-state index in [1.165, 1.54) is 57.3 Å². The number of rotatable bonds is 5. The largest absolute Gasteiger partial charge is 0.307 e. The molecule has 3 rings (SSSR count). The maximum absolute atomic E-state index is 4.41. The zero-order valence-corrected chi connectivity index (χ0v) is 12.9.